The fourth-order valence-electron chi connectivity index (χ4n) is 2.92. The third-order valence-electron chi connectivity index (χ3n) is 4.38. The summed E-state index contributed by atoms with van der Waals surface area (Å²) in [4.78, 5) is 38.2. The van der Waals surface area contributed by atoms with Crippen molar-refractivity contribution in [3.8, 4) is 5.75 Å². The van der Waals surface area contributed by atoms with Crippen LogP contribution in [0.4, 0.5) is 4.79 Å². The largest absolute Gasteiger partial charge is 0.483 e. The number of carbonyl (C=O) groups excluding carboxylic acids is 3. The lowest BCUT2D eigenvalue weighted by atomic mass is 10.1. The van der Waals surface area contributed by atoms with Crippen LogP contribution in [0, 0.1) is 13.8 Å². The van der Waals surface area contributed by atoms with Gasteiger partial charge in [0.25, 0.3) is 17.1 Å². The molecule has 6 nitrogen and oxygen atoms in total. The van der Waals surface area contributed by atoms with E-state index in [1.807, 2.05) is 62.4 Å². The van der Waals surface area contributed by atoms with Gasteiger partial charge in [0.15, 0.2) is 6.61 Å². The number of hydrogen-bond acceptors (Lipinski definition) is 5. The summed E-state index contributed by atoms with van der Waals surface area (Å²) >= 11 is 0.907. The molecule has 3 amide bonds. The zero-order chi connectivity index (χ0) is 20.8. The Morgan fingerprint density at radius 3 is 2.45 bits per heavy atom. The minimum absolute atomic E-state index is 0.117. The first kappa shape index (κ1) is 20.7. The quantitative estimate of drug-likeness (QED) is 0.707. The number of aryl methyl sites for hydroxylation is 2. The second kappa shape index (κ2) is 9.43. The fourth-order valence-corrected chi connectivity index (χ4v) is 3.78. The fraction of sp³-hybridized carbons (Fsp3) is 0.227. The van der Waals surface area contributed by atoms with Crippen LogP contribution in [0.5, 0.6) is 5.75 Å². The third kappa shape index (κ3) is 5.26. The molecule has 0 aliphatic carbocycles. The van der Waals surface area contributed by atoms with Crippen LogP contribution < -0.4 is 10.1 Å². The summed E-state index contributed by atoms with van der Waals surface area (Å²) in [5.41, 5.74) is 2.77. The highest BCUT2D eigenvalue weighted by molar-refractivity contribution is 8.18. The Labute approximate surface area is 173 Å². The van der Waals surface area contributed by atoms with Gasteiger partial charge < -0.3 is 10.1 Å². The molecule has 1 saturated heterocycles. The summed E-state index contributed by atoms with van der Waals surface area (Å²) in [7, 11) is 0. The van der Waals surface area contributed by atoms with Crippen LogP contribution in [0.2, 0.25) is 0 Å². The van der Waals surface area contributed by atoms with Gasteiger partial charge in [-0.3, -0.25) is 19.3 Å². The summed E-state index contributed by atoms with van der Waals surface area (Å²) in [6, 6.07) is 15.1. The number of nitrogens with one attached hydrogen (secondary N) is 1. The van der Waals surface area contributed by atoms with E-state index in [9.17, 15) is 14.4 Å². The molecule has 2 aromatic carbocycles. The van der Waals surface area contributed by atoms with Crippen molar-refractivity contribution in [3.63, 3.8) is 0 Å². The van der Waals surface area contributed by atoms with Crippen LogP contribution in [0.15, 0.2) is 53.4 Å². The van der Waals surface area contributed by atoms with Gasteiger partial charge in [-0.05, 0) is 48.4 Å². The summed E-state index contributed by atoms with van der Waals surface area (Å²) in [5.74, 6) is 0.0454. The molecule has 1 N–H and O–H groups in total. The number of ether oxygens (including phenoxy) is 1. The number of rotatable bonds is 7. The minimum atomic E-state index is -0.343. The van der Waals surface area contributed by atoms with E-state index in [0.29, 0.717) is 10.7 Å². The van der Waals surface area contributed by atoms with Crippen LogP contribution >= 0.6 is 11.8 Å². The van der Waals surface area contributed by atoms with Crippen LogP contribution in [-0.4, -0.2) is 41.6 Å². The van der Waals surface area contributed by atoms with Crippen LogP contribution in [0.1, 0.15) is 16.7 Å². The average Bonchev–Trinajstić information content (AvgIpc) is 2.96. The monoisotopic (exact) mass is 410 g/mol. The van der Waals surface area contributed by atoms with Crippen LogP contribution in [0.25, 0.3) is 6.08 Å². The first-order valence-corrected chi connectivity index (χ1v) is 10.0. The van der Waals surface area contributed by atoms with Gasteiger partial charge in [0.1, 0.15) is 5.75 Å². The molecule has 1 heterocycles. The summed E-state index contributed by atoms with van der Waals surface area (Å²) in [5, 5.41) is 2.35. The normalized spacial score (nSPS) is 15.1. The van der Waals surface area contributed by atoms with Crippen molar-refractivity contribution in [1.29, 1.82) is 0 Å². The van der Waals surface area contributed by atoms with E-state index >= 15 is 0 Å². The molecule has 0 atom stereocenters. The number of benzene rings is 2. The molecule has 0 saturated carbocycles. The molecule has 0 bridgehead atoms. The van der Waals surface area contributed by atoms with Gasteiger partial charge in [0.2, 0.25) is 0 Å². The lowest BCUT2D eigenvalue weighted by Gasteiger charge is -2.14. The summed E-state index contributed by atoms with van der Waals surface area (Å²) in [6.07, 6.45) is 1.70. The first-order valence-electron chi connectivity index (χ1n) is 9.22. The molecule has 3 rings (SSSR count). The Bertz CT molecular complexity index is 936. The molecule has 150 valence electrons. The lowest BCUT2D eigenvalue weighted by molar-refractivity contribution is -0.125. The molecule has 7 heteroatoms. The maximum Gasteiger partial charge on any atom is 0.293 e. The SMILES string of the molecule is Cc1cccc(C)c1OCC(=O)NCCN1C(=O)SC(=Cc2ccccc2)C1=O. The van der Waals surface area contributed by atoms with Crippen LogP contribution in [-0.2, 0) is 9.59 Å². The Kier molecular flexibility index (Phi) is 6.72. The number of amides is 3. The van der Waals surface area contributed by atoms with Crippen molar-refractivity contribution in [2.24, 2.45) is 0 Å². The van der Waals surface area contributed by atoms with Crippen molar-refractivity contribution in [1.82, 2.24) is 10.2 Å². The zero-order valence-electron chi connectivity index (χ0n) is 16.3. The van der Waals surface area contributed by atoms with E-state index < -0.39 is 0 Å². The molecule has 2 aromatic rings. The number of carbonyl (C=O) groups is 3. The van der Waals surface area contributed by atoms with E-state index in [1.54, 1.807) is 6.08 Å². The Balaban J connectivity index is 1.48. The molecule has 0 unspecified atom stereocenters. The van der Waals surface area contributed by atoms with Gasteiger partial charge in [0.05, 0.1) is 4.91 Å². The number of thioether (sulfide) groups is 1. The molecule has 1 aliphatic heterocycles. The molecule has 0 aromatic heterocycles. The molecule has 0 spiro atoms. The summed E-state index contributed by atoms with van der Waals surface area (Å²) in [6.45, 7) is 4.01. The highest BCUT2D eigenvalue weighted by Gasteiger charge is 2.34. The van der Waals surface area contributed by atoms with Crippen LogP contribution in [0.3, 0.4) is 0 Å². The molecule has 1 fully saturated rings. The van der Waals surface area contributed by atoms with Crippen molar-refractivity contribution < 1.29 is 19.1 Å². The highest BCUT2D eigenvalue weighted by Crippen LogP contribution is 2.31. The second-order valence-electron chi connectivity index (χ2n) is 6.60. The third-order valence-corrected chi connectivity index (χ3v) is 5.29. The van der Waals surface area contributed by atoms with E-state index in [2.05, 4.69) is 5.32 Å². The molecular formula is C22H22N2O4S. The average molecular weight is 410 g/mol. The number of para-hydroxylation sites is 1. The van der Waals surface area contributed by atoms with E-state index in [-0.39, 0.29) is 36.7 Å². The number of nitrogens with zero attached hydrogens (tertiary/aromatic N) is 1. The zero-order valence-corrected chi connectivity index (χ0v) is 17.1. The van der Waals surface area contributed by atoms with E-state index in [0.717, 1.165) is 33.4 Å². The Morgan fingerprint density at radius 2 is 1.76 bits per heavy atom. The molecule has 0 radical (unpaired) electrons. The molecule has 1 aliphatic rings. The maximum atomic E-state index is 12.5. The molecular weight excluding hydrogens is 388 g/mol. The first-order chi connectivity index (χ1) is 14.0. The van der Waals surface area contributed by atoms with Gasteiger partial charge in [-0.15, -0.1) is 0 Å². The Hall–Kier alpha value is -3.06. The predicted molar refractivity (Wildman–Crippen MR) is 114 cm³/mol. The van der Waals surface area contributed by atoms with E-state index in [4.69, 9.17) is 4.74 Å². The van der Waals surface area contributed by atoms with Crippen molar-refractivity contribution >= 4 is 34.9 Å². The lowest BCUT2D eigenvalue weighted by Crippen LogP contribution is -2.38. The highest BCUT2D eigenvalue weighted by atomic mass is 32.2. The second-order valence-corrected chi connectivity index (χ2v) is 7.60. The van der Waals surface area contributed by atoms with Crippen molar-refractivity contribution in [3.05, 3.63) is 70.1 Å². The maximum absolute atomic E-state index is 12.5. The van der Waals surface area contributed by atoms with Gasteiger partial charge in [-0.2, -0.15) is 0 Å². The minimum Gasteiger partial charge on any atom is -0.483 e. The van der Waals surface area contributed by atoms with Gasteiger partial charge in [0, 0.05) is 13.1 Å². The number of imide groups is 1. The standard InChI is InChI=1S/C22H22N2O4S/c1-15-7-6-8-16(2)20(15)28-14-19(25)23-11-12-24-21(26)18(29-22(24)27)13-17-9-4-3-5-10-17/h3-10,13H,11-12,14H2,1-2H3,(H,23,25). The summed E-state index contributed by atoms with van der Waals surface area (Å²) < 4.78 is 5.60. The molecule has 29 heavy (non-hydrogen) atoms. The van der Waals surface area contributed by atoms with Crippen molar-refractivity contribution in [2.75, 3.05) is 19.7 Å². The van der Waals surface area contributed by atoms with Gasteiger partial charge in [-0.25, -0.2) is 0 Å². The Morgan fingerprint density at radius 1 is 1.07 bits per heavy atom. The number of hydrogen-bond donors (Lipinski definition) is 1. The predicted octanol–water partition coefficient (Wildman–Crippen LogP) is 3.53. The van der Waals surface area contributed by atoms with Gasteiger partial charge in [-0.1, -0.05) is 48.5 Å². The topological polar surface area (TPSA) is 75.7 Å². The van der Waals surface area contributed by atoms with E-state index in [1.165, 1.54) is 0 Å². The smallest absolute Gasteiger partial charge is 0.293 e. The van der Waals surface area contributed by atoms with Gasteiger partial charge >= 0.3 is 0 Å². The van der Waals surface area contributed by atoms with Crippen molar-refractivity contribution in [2.45, 2.75) is 13.8 Å².